The van der Waals surface area contributed by atoms with Crippen molar-refractivity contribution >= 4 is 11.6 Å². The first kappa shape index (κ1) is 10.4. The Morgan fingerprint density at radius 3 is 2.50 bits per heavy atom. The number of rotatable bonds is 2. The fourth-order valence-electron chi connectivity index (χ4n) is 1.41. The average molecular weight is 215 g/mol. The van der Waals surface area contributed by atoms with Gasteiger partial charge in [-0.05, 0) is 31.5 Å². The zero-order valence-corrected chi connectivity index (χ0v) is 9.24. The molecule has 4 nitrogen and oxygen atoms in total. The lowest BCUT2D eigenvalue weighted by atomic mass is 10.2. The molecule has 0 saturated carbocycles. The third-order valence-corrected chi connectivity index (χ3v) is 2.37. The number of aromatic amines is 1. The van der Waals surface area contributed by atoms with E-state index in [1.54, 1.807) is 6.20 Å². The van der Waals surface area contributed by atoms with E-state index in [1.165, 1.54) is 0 Å². The van der Waals surface area contributed by atoms with Gasteiger partial charge in [0.25, 0.3) is 5.91 Å². The van der Waals surface area contributed by atoms with Gasteiger partial charge in [-0.15, -0.1) is 0 Å². The summed E-state index contributed by atoms with van der Waals surface area (Å²) in [6, 6.07) is 7.66. The quantitative estimate of drug-likeness (QED) is 0.807. The second-order valence-electron chi connectivity index (χ2n) is 3.75. The number of anilines is 1. The van der Waals surface area contributed by atoms with Crippen LogP contribution in [0.15, 0.2) is 30.5 Å². The molecule has 0 bridgehead atoms. The third-order valence-electron chi connectivity index (χ3n) is 2.37. The van der Waals surface area contributed by atoms with Gasteiger partial charge in [-0.25, -0.2) is 0 Å². The molecule has 0 unspecified atom stereocenters. The first-order valence-corrected chi connectivity index (χ1v) is 5.05. The van der Waals surface area contributed by atoms with Gasteiger partial charge in [0, 0.05) is 5.69 Å². The van der Waals surface area contributed by atoms with Crippen LogP contribution in [0.4, 0.5) is 5.69 Å². The van der Waals surface area contributed by atoms with Gasteiger partial charge < -0.3 is 5.32 Å². The first-order chi connectivity index (χ1) is 7.66. The molecule has 2 N–H and O–H groups in total. The Morgan fingerprint density at radius 1 is 1.25 bits per heavy atom. The predicted molar refractivity (Wildman–Crippen MR) is 62.5 cm³/mol. The highest BCUT2D eigenvalue weighted by atomic mass is 16.1. The zero-order valence-electron chi connectivity index (χ0n) is 9.24. The molecule has 1 aromatic carbocycles. The molecule has 0 fully saturated rings. The number of carbonyl (C=O) groups excluding carboxylic acids is 1. The number of hydrogen-bond acceptors (Lipinski definition) is 2. The number of amides is 1. The van der Waals surface area contributed by atoms with Crippen molar-refractivity contribution in [2.24, 2.45) is 0 Å². The molecular formula is C12H13N3O. The maximum atomic E-state index is 11.8. The summed E-state index contributed by atoms with van der Waals surface area (Å²) >= 11 is 0. The Morgan fingerprint density at radius 2 is 1.94 bits per heavy atom. The third kappa shape index (κ3) is 2.11. The van der Waals surface area contributed by atoms with Crippen LogP contribution in [0.3, 0.4) is 0 Å². The van der Waals surface area contributed by atoms with Crippen LogP contribution in [-0.4, -0.2) is 16.1 Å². The van der Waals surface area contributed by atoms with E-state index in [4.69, 9.17) is 0 Å². The minimum absolute atomic E-state index is 0.168. The number of hydrogen-bond donors (Lipinski definition) is 2. The van der Waals surface area contributed by atoms with Gasteiger partial charge in [0.15, 0.2) is 0 Å². The largest absolute Gasteiger partial charge is 0.321 e. The summed E-state index contributed by atoms with van der Waals surface area (Å²) in [6.45, 7) is 3.85. The number of H-pyrrole nitrogens is 1. The predicted octanol–water partition coefficient (Wildman–Crippen LogP) is 2.28. The molecule has 0 aliphatic rings. The SMILES string of the molecule is Cc1ccc(NC(=O)c2[nH]ncc2C)cc1. The van der Waals surface area contributed by atoms with Crippen LogP contribution in [0.2, 0.25) is 0 Å². The lowest BCUT2D eigenvalue weighted by molar-refractivity contribution is 0.102. The Labute approximate surface area is 93.7 Å². The number of aryl methyl sites for hydroxylation is 2. The summed E-state index contributed by atoms with van der Waals surface area (Å²) in [5, 5.41) is 9.29. The van der Waals surface area contributed by atoms with Gasteiger partial charge in [-0.2, -0.15) is 5.10 Å². The molecule has 1 heterocycles. The van der Waals surface area contributed by atoms with Gasteiger partial charge >= 0.3 is 0 Å². The highest BCUT2D eigenvalue weighted by Gasteiger charge is 2.10. The van der Waals surface area contributed by atoms with Gasteiger partial charge in [-0.1, -0.05) is 17.7 Å². The van der Waals surface area contributed by atoms with Gasteiger partial charge in [0.05, 0.1) is 6.20 Å². The summed E-state index contributed by atoms with van der Waals surface area (Å²) in [7, 11) is 0. The van der Waals surface area contributed by atoms with E-state index in [1.807, 2.05) is 38.1 Å². The van der Waals surface area contributed by atoms with Crippen molar-refractivity contribution in [1.82, 2.24) is 10.2 Å². The minimum atomic E-state index is -0.168. The molecule has 1 aromatic heterocycles. The van der Waals surface area contributed by atoms with Crippen molar-refractivity contribution in [3.05, 3.63) is 47.3 Å². The fourth-order valence-corrected chi connectivity index (χ4v) is 1.41. The van der Waals surface area contributed by atoms with Crippen LogP contribution >= 0.6 is 0 Å². The molecule has 0 spiro atoms. The van der Waals surface area contributed by atoms with Crippen LogP contribution in [0.25, 0.3) is 0 Å². The van der Waals surface area contributed by atoms with Gasteiger partial charge in [0.1, 0.15) is 5.69 Å². The molecule has 0 aliphatic heterocycles. The van der Waals surface area contributed by atoms with Crippen LogP contribution in [0, 0.1) is 13.8 Å². The highest BCUT2D eigenvalue weighted by molar-refractivity contribution is 6.03. The Bertz CT molecular complexity index is 499. The Kier molecular flexibility index (Phi) is 2.72. The summed E-state index contributed by atoms with van der Waals surface area (Å²) in [5.41, 5.74) is 3.28. The average Bonchev–Trinajstić information content (AvgIpc) is 2.68. The smallest absolute Gasteiger partial charge is 0.273 e. The van der Waals surface area contributed by atoms with Crippen molar-refractivity contribution in [2.75, 3.05) is 5.32 Å². The van der Waals surface area contributed by atoms with Crippen molar-refractivity contribution in [3.63, 3.8) is 0 Å². The van der Waals surface area contributed by atoms with E-state index in [9.17, 15) is 4.79 Å². The highest BCUT2D eigenvalue weighted by Crippen LogP contribution is 2.11. The minimum Gasteiger partial charge on any atom is -0.321 e. The molecule has 16 heavy (non-hydrogen) atoms. The van der Waals surface area contributed by atoms with E-state index < -0.39 is 0 Å². The second-order valence-corrected chi connectivity index (χ2v) is 3.75. The summed E-state index contributed by atoms with van der Waals surface area (Å²) in [4.78, 5) is 11.8. The maximum Gasteiger partial charge on any atom is 0.273 e. The van der Waals surface area contributed by atoms with Crippen molar-refractivity contribution in [1.29, 1.82) is 0 Å². The Hall–Kier alpha value is -2.10. The Balaban J connectivity index is 2.14. The number of nitrogens with one attached hydrogen (secondary N) is 2. The summed E-state index contributed by atoms with van der Waals surface area (Å²) in [5.74, 6) is -0.168. The number of benzene rings is 1. The molecule has 2 rings (SSSR count). The van der Waals surface area contributed by atoms with E-state index in [0.717, 1.165) is 16.8 Å². The maximum absolute atomic E-state index is 11.8. The monoisotopic (exact) mass is 215 g/mol. The summed E-state index contributed by atoms with van der Waals surface area (Å²) in [6.07, 6.45) is 1.63. The summed E-state index contributed by atoms with van der Waals surface area (Å²) < 4.78 is 0. The molecule has 2 aromatic rings. The van der Waals surface area contributed by atoms with Crippen molar-refractivity contribution in [2.45, 2.75) is 13.8 Å². The molecule has 0 saturated heterocycles. The lowest BCUT2D eigenvalue weighted by Crippen LogP contribution is -2.13. The van der Waals surface area contributed by atoms with Gasteiger partial charge in [-0.3, -0.25) is 9.89 Å². The van der Waals surface area contributed by atoms with E-state index in [-0.39, 0.29) is 5.91 Å². The van der Waals surface area contributed by atoms with E-state index in [0.29, 0.717) is 5.69 Å². The first-order valence-electron chi connectivity index (χ1n) is 5.05. The van der Waals surface area contributed by atoms with E-state index in [2.05, 4.69) is 15.5 Å². The molecule has 1 amide bonds. The lowest BCUT2D eigenvalue weighted by Gasteiger charge is -2.04. The van der Waals surface area contributed by atoms with Crippen LogP contribution in [0.1, 0.15) is 21.6 Å². The second kappa shape index (κ2) is 4.18. The fraction of sp³-hybridized carbons (Fsp3) is 0.167. The number of carbonyl (C=O) groups is 1. The number of nitrogens with zero attached hydrogens (tertiary/aromatic N) is 1. The molecule has 4 heteroatoms. The molecule has 82 valence electrons. The molecule has 0 radical (unpaired) electrons. The van der Waals surface area contributed by atoms with E-state index >= 15 is 0 Å². The molecular weight excluding hydrogens is 202 g/mol. The van der Waals surface area contributed by atoms with Crippen LogP contribution in [-0.2, 0) is 0 Å². The van der Waals surface area contributed by atoms with Crippen molar-refractivity contribution in [3.8, 4) is 0 Å². The molecule has 0 aliphatic carbocycles. The standard InChI is InChI=1S/C12H13N3O/c1-8-3-5-10(6-4-8)14-12(16)11-9(2)7-13-15-11/h3-7H,1-2H3,(H,13,15)(H,14,16). The molecule has 0 atom stereocenters. The van der Waals surface area contributed by atoms with Crippen LogP contribution < -0.4 is 5.32 Å². The zero-order chi connectivity index (χ0) is 11.5. The number of aromatic nitrogens is 2. The van der Waals surface area contributed by atoms with Gasteiger partial charge in [0.2, 0.25) is 0 Å². The topological polar surface area (TPSA) is 57.8 Å². The normalized spacial score (nSPS) is 10.1. The van der Waals surface area contributed by atoms with Crippen LogP contribution in [0.5, 0.6) is 0 Å². The van der Waals surface area contributed by atoms with Crippen molar-refractivity contribution < 1.29 is 4.79 Å².